The van der Waals surface area contributed by atoms with Crippen LogP contribution in [0.1, 0.15) is 21.5 Å². The van der Waals surface area contributed by atoms with Gasteiger partial charge in [-0.3, -0.25) is 9.48 Å². The summed E-state index contributed by atoms with van der Waals surface area (Å²) in [5.74, 6) is 0.168. The predicted molar refractivity (Wildman–Crippen MR) is 116 cm³/mol. The van der Waals surface area contributed by atoms with Gasteiger partial charge < -0.3 is 10.1 Å². The highest BCUT2D eigenvalue weighted by Crippen LogP contribution is 2.34. The fourth-order valence-electron chi connectivity index (χ4n) is 3.19. The van der Waals surface area contributed by atoms with Gasteiger partial charge in [-0.15, -0.1) is 0 Å². The molecule has 0 aliphatic heterocycles. The van der Waals surface area contributed by atoms with Crippen LogP contribution < -0.4 is 10.1 Å². The fraction of sp³-hybridized carbons (Fsp3) is 0.125. The summed E-state index contributed by atoms with van der Waals surface area (Å²) in [7, 11) is 1.86. The second kappa shape index (κ2) is 8.61. The molecule has 0 aliphatic rings. The summed E-state index contributed by atoms with van der Waals surface area (Å²) < 4.78 is 7.72. The average Bonchev–Trinajstić information content (AvgIpc) is 3.21. The number of carbonyl (C=O) groups is 1. The molecule has 0 saturated heterocycles. The number of ether oxygens (including phenoxy) is 1. The number of carbonyl (C=O) groups excluding carboxylic acids is 1. The summed E-state index contributed by atoms with van der Waals surface area (Å²) in [6, 6.07) is 18.9. The lowest BCUT2D eigenvalue weighted by atomic mass is 10.0. The van der Waals surface area contributed by atoms with Crippen molar-refractivity contribution in [3.63, 3.8) is 0 Å². The molecule has 0 aliphatic carbocycles. The zero-order valence-corrected chi connectivity index (χ0v) is 16.9. The molecule has 0 saturated carbocycles. The molecule has 4 aromatic rings. The van der Waals surface area contributed by atoms with Crippen molar-refractivity contribution in [1.29, 1.82) is 0 Å². The molecule has 2 heterocycles. The number of aromatic nitrogens is 3. The van der Waals surface area contributed by atoms with E-state index in [1.165, 1.54) is 0 Å². The first-order valence-corrected chi connectivity index (χ1v) is 9.63. The first-order chi connectivity index (χ1) is 14.6. The largest absolute Gasteiger partial charge is 0.471 e. The lowest BCUT2D eigenvalue weighted by Gasteiger charge is -2.16. The Morgan fingerprint density at radius 3 is 2.40 bits per heavy atom. The van der Waals surface area contributed by atoms with E-state index < -0.39 is 0 Å². The monoisotopic (exact) mass is 398 g/mol. The summed E-state index contributed by atoms with van der Waals surface area (Å²) in [5.41, 5.74) is 4.82. The fourth-order valence-corrected chi connectivity index (χ4v) is 3.19. The van der Waals surface area contributed by atoms with Crippen LogP contribution >= 0.6 is 0 Å². The SMILES string of the molecule is Cc1c(-c2cnn(C)c2)cnc(OCc2ccccc2)c1NC(=O)c1ccccc1. The van der Waals surface area contributed by atoms with E-state index in [1.54, 1.807) is 29.2 Å². The minimum atomic E-state index is -0.214. The molecule has 2 aromatic carbocycles. The standard InChI is InChI=1S/C24H22N4O2/c1-17-21(20-13-26-28(2)15-20)14-25-24(30-16-18-9-5-3-6-10-18)22(17)27-23(29)19-11-7-4-8-12-19/h3-15H,16H2,1-2H3,(H,27,29). The number of rotatable bonds is 6. The number of nitrogens with one attached hydrogen (secondary N) is 1. The Morgan fingerprint density at radius 1 is 1.03 bits per heavy atom. The highest BCUT2D eigenvalue weighted by atomic mass is 16.5. The molecule has 2 aromatic heterocycles. The van der Waals surface area contributed by atoms with Gasteiger partial charge in [0.15, 0.2) is 0 Å². The maximum absolute atomic E-state index is 12.8. The van der Waals surface area contributed by atoms with Crippen LogP contribution in [-0.2, 0) is 13.7 Å². The number of nitrogens with zero attached hydrogens (tertiary/aromatic N) is 3. The first-order valence-electron chi connectivity index (χ1n) is 9.63. The Kier molecular flexibility index (Phi) is 5.57. The van der Waals surface area contributed by atoms with Crippen molar-refractivity contribution in [2.24, 2.45) is 7.05 Å². The lowest BCUT2D eigenvalue weighted by Crippen LogP contribution is -2.15. The number of anilines is 1. The molecule has 0 radical (unpaired) electrons. The number of hydrogen-bond acceptors (Lipinski definition) is 4. The third kappa shape index (κ3) is 4.22. The van der Waals surface area contributed by atoms with Crippen LogP contribution in [0.15, 0.2) is 79.3 Å². The third-order valence-electron chi connectivity index (χ3n) is 4.81. The Morgan fingerprint density at radius 2 is 1.73 bits per heavy atom. The van der Waals surface area contributed by atoms with E-state index in [2.05, 4.69) is 15.4 Å². The minimum absolute atomic E-state index is 0.214. The van der Waals surface area contributed by atoms with E-state index in [-0.39, 0.29) is 5.91 Å². The van der Waals surface area contributed by atoms with Gasteiger partial charge in [0, 0.05) is 36.1 Å². The average molecular weight is 398 g/mol. The first kappa shape index (κ1) is 19.4. The van der Waals surface area contributed by atoms with Gasteiger partial charge in [-0.05, 0) is 30.2 Å². The zero-order valence-electron chi connectivity index (χ0n) is 16.9. The van der Waals surface area contributed by atoms with Gasteiger partial charge in [-0.2, -0.15) is 5.10 Å². The maximum atomic E-state index is 12.8. The minimum Gasteiger partial charge on any atom is -0.471 e. The molecule has 1 N–H and O–H groups in total. The van der Waals surface area contributed by atoms with Gasteiger partial charge in [0.2, 0.25) is 5.88 Å². The summed E-state index contributed by atoms with van der Waals surface area (Å²) in [5, 5.41) is 7.24. The van der Waals surface area contributed by atoms with Crippen LogP contribution in [0.5, 0.6) is 5.88 Å². The van der Waals surface area contributed by atoms with Gasteiger partial charge in [0.25, 0.3) is 5.91 Å². The van der Waals surface area contributed by atoms with Crippen molar-refractivity contribution in [3.05, 3.63) is 95.9 Å². The molecule has 4 rings (SSSR count). The molecular formula is C24H22N4O2. The van der Waals surface area contributed by atoms with Crippen molar-refractivity contribution in [1.82, 2.24) is 14.8 Å². The van der Waals surface area contributed by atoms with Crippen molar-refractivity contribution in [2.45, 2.75) is 13.5 Å². The van der Waals surface area contributed by atoms with E-state index >= 15 is 0 Å². The Hall–Kier alpha value is -3.93. The highest BCUT2D eigenvalue weighted by molar-refractivity contribution is 6.05. The molecule has 0 bridgehead atoms. The molecule has 30 heavy (non-hydrogen) atoms. The van der Waals surface area contributed by atoms with Gasteiger partial charge in [0.1, 0.15) is 12.3 Å². The zero-order chi connectivity index (χ0) is 20.9. The molecule has 0 fully saturated rings. The molecule has 6 nitrogen and oxygen atoms in total. The van der Waals surface area contributed by atoms with Crippen molar-refractivity contribution >= 4 is 11.6 Å². The Bertz CT molecular complexity index is 1150. The van der Waals surface area contributed by atoms with Crippen molar-refractivity contribution < 1.29 is 9.53 Å². The van der Waals surface area contributed by atoms with E-state index in [0.29, 0.717) is 23.7 Å². The van der Waals surface area contributed by atoms with Gasteiger partial charge in [-0.1, -0.05) is 48.5 Å². The Balaban J connectivity index is 1.69. The van der Waals surface area contributed by atoms with Crippen LogP contribution in [0.4, 0.5) is 5.69 Å². The van der Waals surface area contributed by atoms with Crippen LogP contribution in [-0.4, -0.2) is 20.7 Å². The topological polar surface area (TPSA) is 69.0 Å². The second-order valence-electron chi connectivity index (χ2n) is 6.97. The van der Waals surface area contributed by atoms with Crippen molar-refractivity contribution in [3.8, 4) is 17.0 Å². The molecule has 0 spiro atoms. The van der Waals surface area contributed by atoms with Crippen LogP contribution in [0.3, 0.4) is 0 Å². The molecule has 6 heteroatoms. The maximum Gasteiger partial charge on any atom is 0.255 e. The van der Waals surface area contributed by atoms with E-state index in [4.69, 9.17) is 4.74 Å². The van der Waals surface area contributed by atoms with Crippen molar-refractivity contribution in [2.75, 3.05) is 5.32 Å². The predicted octanol–water partition coefficient (Wildman–Crippen LogP) is 4.62. The number of aryl methyl sites for hydroxylation is 1. The third-order valence-corrected chi connectivity index (χ3v) is 4.81. The van der Waals surface area contributed by atoms with Crippen LogP contribution in [0, 0.1) is 6.92 Å². The molecule has 150 valence electrons. The number of hydrogen-bond donors (Lipinski definition) is 1. The van der Waals surface area contributed by atoms with E-state index in [0.717, 1.165) is 22.3 Å². The van der Waals surface area contributed by atoms with Crippen LogP contribution in [0.25, 0.3) is 11.1 Å². The summed E-state index contributed by atoms with van der Waals surface area (Å²) in [6.07, 6.45) is 5.44. The number of pyridine rings is 1. The van der Waals surface area contributed by atoms with Crippen LogP contribution in [0.2, 0.25) is 0 Å². The van der Waals surface area contributed by atoms with Gasteiger partial charge in [-0.25, -0.2) is 4.98 Å². The summed E-state index contributed by atoms with van der Waals surface area (Å²) >= 11 is 0. The number of amides is 1. The normalized spacial score (nSPS) is 10.6. The quantitative estimate of drug-likeness (QED) is 0.514. The lowest BCUT2D eigenvalue weighted by molar-refractivity contribution is 0.102. The molecular weight excluding hydrogens is 376 g/mol. The molecule has 1 amide bonds. The Labute approximate surface area is 175 Å². The van der Waals surface area contributed by atoms with Gasteiger partial charge >= 0.3 is 0 Å². The van der Waals surface area contributed by atoms with E-state index in [9.17, 15) is 4.79 Å². The number of benzene rings is 2. The molecule has 0 atom stereocenters. The highest BCUT2D eigenvalue weighted by Gasteiger charge is 2.18. The molecule has 0 unspecified atom stereocenters. The summed E-state index contributed by atoms with van der Waals surface area (Å²) in [6.45, 7) is 2.30. The van der Waals surface area contributed by atoms with Gasteiger partial charge in [0.05, 0.1) is 6.20 Å². The smallest absolute Gasteiger partial charge is 0.255 e. The second-order valence-corrected chi connectivity index (χ2v) is 6.97. The van der Waals surface area contributed by atoms with E-state index in [1.807, 2.05) is 68.7 Å². The summed E-state index contributed by atoms with van der Waals surface area (Å²) in [4.78, 5) is 17.3.